The van der Waals surface area contributed by atoms with Crippen molar-refractivity contribution >= 4 is 23.2 Å². The second-order valence-corrected chi connectivity index (χ2v) is 7.06. The lowest BCUT2D eigenvalue weighted by molar-refractivity contribution is 0.133. The Labute approximate surface area is 125 Å². The van der Waals surface area contributed by atoms with Crippen LogP contribution in [0.4, 0.5) is 0 Å². The van der Waals surface area contributed by atoms with E-state index in [9.17, 15) is 0 Å². The molecular weight excluding hydrogens is 277 g/mol. The Morgan fingerprint density at radius 2 is 1.95 bits per heavy atom. The van der Waals surface area contributed by atoms with E-state index in [0.717, 1.165) is 18.5 Å². The second kappa shape index (κ2) is 5.27. The van der Waals surface area contributed by atoms with Gasteiger partial charge in [-0.25, -0.2) is 0 Å². The molecule has 0 amide bonds. The van der Waals surface area contributed by atoms with Gasteiger partial charge in [-0.3, -0.25) is 0 Å². The molecule has 0 aliphatic heterocycles. The fraction of sp³-hybridized carbons (Fsp3) is 0.625. The quantitative estimate of drug-likeness (QED) is 0.823. The van der Waals surface area contributed by atoms with Gasteiger partial charge in [-0.1, -0.05) is 42.6 Å². The highest BCUT2D eigenvalue weighted by atomic mass is 35.5. The van der Waals surface area contributed by atoms with E-state index >= 15 is 0 Å². The summed E-state index contributed by atoms with van der Waals surface area (Å²) in [6.45, 7) is 3.38. The third kappa shape index (κ3) is 2.79. The van der Waals surface area contributed by atoms with Gasteiger partial charge in [0.25, 0.3) is 0 Å². The summed E-state index contributed by atoms with van der Waals surface area (Å²) in [5, 5.41) is 5.04. The highest BCUT2D eigenvalue weighted by Crippen LogP contribution is 2.49. The molecule has 3 rings (SSSR count). The molecule has 2 aliphatic carbocycles. The van der Waals surface area contributed by atoms with Gasteiger partial charge in [-0.15, -0.1) is 0 Å². The Morgan fingerprint density at radius 3 is 2.53 bits per heavy atom. The minimum absolute atomic E-state index is 0.289. The highest BCUT2D eigenvalue weighted by Gasteiger charge is 2.45. The van der Waals surface area contributed by atoms with Gasteiger partial charge in [0, 0.05) is 18.0 Å². The molecule has 0 unspecified atom stereocenters. The fourth-order valence-electron chi connectivity index (χ4n) is 3.27. The second-order valence-electron chi connectivity index (χ2n) is 6.25. The molecule has 2 aliphatic rings. The van der Waals surface area contributed by atoms with Crippen LogP contribution in [0.15, 0.2) is 18.2 Å². The van der Waals surface area contributed by atoms with Gasteiger partial charge in [0.1, 0.15) is 0 Å². The SMILES string of the molecule is CCC1CC(CNC2CC2)(c2ccc(Cl)c(Cl)c2)C1. The predicted octanol–water partition coefficient (Wildman–Crippen LogP) is 4.80. The lowest BCUT2D eigenvalue weighted by atomic mass is 9.58. The van der Waals surface area contributed by atoms with Crippen LogP contribution in [0.25, 0.3) is 0 Å². The van der Waals surface area contributed by atoms with E-state index in [1.807, 2.05) is 6.07 Å². The Bertz CT molecular complexity index is 462. The number of hydrogen-bond donors (Lipinski definition) is 1. The van der Waals surface area contributed by atoms with Crippen LogP contribution in [0, 0.1) is 5.92 Å². The van der Waals surface area contributed by atoms with E-state index in [1.54, 1.807) is 0 Å². The van der Waals surface area contributed by atoms with Gasteiger partial charge in [-0.05, 0) is 49.3 Å². The third-order valence-corrected chi connectivity index (χ3v) is 5.51. The summed E-state index contributed by atoms with van der Waals surface area (Å²) in [7, 11) is 0. The zero-order valence-electron chi connectivity index (χ0n) is 11.4. The van der Waals surface area contributed by atoms with Crippen molar-refractivity contribution in [3.63, 3.8) is 0 Å². The van der Waals surface area contributed by atoms with E-state index in [0.29, 0.717) is 10.0 Å². The van der Waals surface area contributed by atoms with Crippen molar-refractivity contribution in [3.8, 4) is 0 Å². The Hall–Kier alpha value is -0.240. The summed E-state index contributed by atoms with van der Waals surface area (Å²) < 4.78 is 0. The Balaban J connectivity index is 1.79. The maximum Gasteiger partial charge on any atom is 0.0595 e. The molecule has 1 aromatic rings. The van der Waals surface area contributed by atoms with Crippen molar-refractivity contribution in [1.82, 2.24) is 5.32 Å². The van der Waals surface area contributed by atoms with E-state index in [2.05, 4.69) is 24.4 Å². The molecule has 2 fully saturated rings. The average Bonchev–Trinajstić information content (AvgIpc) is 3.16. The molecule has 0 saturated heterocycles. The summed E-state index contributed by atoms with van der Waals surface area (Å²) in [4.78, 5) is 0. The van der Waals surface area contributed by atoms with Crippen molar-refractivity contribution in [2.24, 2.45) is 5.92 Å². The smallest absolute Gasteiger partial charge is 0.0595 e. The van der Waals surface area contributed by atoms with Gasteiger partial charge in [0.15, 0.2) is 0 Å². The minimum atomic E-state index is 0.289. The molecule has 1 aromatic carbocycles. The molecule has 0 atom stereocenters. The first kappa shape index (κ1) is 13.7. The largest absolute Gasteiger partial charge is 0.313 e. The monoisotopic (exact) mass is 297 g/mol. The zero-order chi connectivity index (χ0) is 13.5. The minimum Gasteiger partial charge on any atom is -0.313 e. The van der Waals surface area contributed by atoms with Crippen molar-refractivity contribution in [2.75, 3.05) is 6.54 Å². The van der Waals surface area contributed by atoms with Crippen molar-refractivity contribution < 1.29 is 0 Å². The number of halogens is 2. The third-order valence-electron chi connectivity index (χ3n) is 4.77. The first-order chi connectivity index (χ1) is 9.13. The summed E-state index contributed by atoms with van der Waals surface area (Å²) >= 11 is 12.2. The van der Waals surface area contributed by atoms with Crippen LogP contribution in [0.1, 0.15) is 44.6 Å². The molecule has 1 N–H and O–H groups in total. The number of benzene rings is 1. The molecule has 104 valence electrons. The molecule has 0 heterocycles. The molecule has 1 nitrogen and oxygen atoms in total. The molecule has 19 heavy (non-hydrogen) atoms. The van der Waals surface area contributed by atoms with Gasteiger partial charge >= 0.3 is 0 Å². The van der Waals surface area contributed by atoms with Gasteiger partial charge in [0.05, 0.1) is 10.0 Å². The van der Waals surface area contributed by atoms with Crippen LogP contribution in [-0.4, -0.2) is 12.6 Å². The number of rotatable bonds is 5. The average molecular weight is 298 g/mol. The van der Waals surface area contributed by atoms with Crippen LogP contribution in [0.2, 0.25) is 10.0 Å². The standard InChI is InChI=1S/C16H21Cl2N/c1-2-11-8-16(9-11,10-19-13-4-5-13)12-3-6-14(17)15(18)7-12/h3,6-7,11,13,19H,2,4-5,8-10H2,1H3. The van der Waals surface area contributed by atoms with E-state index in [1.165, 1.54) is 37.7 Å². The Morgan fingerprint density at radius 1 is 1.21 bits per heavy atom. The normalized spacial score (nSPS) is 30.2. The lowest BCUT2D eigenvalue weighted by Gasteiger charge is -2.48. The molecule has 0 bridgehead atoms. The Kier molecular flexibility index (Phi) is 3.81. The highest BCUT2D eigenvalue weighted by molar-refractivity contribution is 6.42. The van der Waals surface area contributed by atoms with Crippen molar-refractivity contribution in [1.29, 1.82) is 0 Å². The van der Waals surface area contributed by atoms with Crippen molar-refractivity contribution in [3.05, 3.63) is 33.8 Å². The van der Waals surface area contributed by atoms with Crippen LogP contribution in [0.3, 0.4) is 0 Å². The summed E-state index contributed by atoms with van der Waals surface area (Å²) in [6.07, 6.45) is 6.53. The molecule has 2 saturated carbocycles. The number of hydrogen-bond acceptors (Lipinski definition) is 1. The fourth-order valence-corrected chi connectivity index (χ4v) is 3.57. The first-order valence-corrected chi connectivity index (χ1v) is 8.07. The predicted molar refractivity (Wildman–Crippen MR) is 82.2 cm³/mol. The van der Waals surface area contributed by atoms with Crippen LogP contribution >= 0.6 is 23.2 Å². The zero-order valence-corrected chi connectivity index (χ0v) is 12.9. The molecular formula is C16H21Cl2N. The molecule has 0 spiro atoms. The maximum absolute atomic E-state index is 6.19. The summed E-state index contributed by atoms with van der Waals surface area (Å²) in [5.41, 5.74) is 1.65. The van der Waals surface area contributed by atoms with Crippen LogP contribution in [-0.2, 0) is 5.41 Å². The van der Waals surface area contributed by atoms with Crippen LogP contribution < -0.4 is 5.32 Å². The summed E-state index contributed by atoms with van der Waals surface area (Å²) in [6, 6.07) is 6.94. The van der Waals surface area contributed by atoms with Gasteiger partial charge in [0.2, 0.25) is 0 Å². The molecule has 0 radical (unpaired) electrons. The van der Waals surface area contributed by atoms with E-state index in [4.69, 9.17) is 23.2 Å². The van der Waals surface area contributed by atoms with Crippen molar-refractivity contribution in [2.45, 2.75) is 50.5 Å². The van der Waals surface area contributed by atoms with Crippen LogP contribution in [0.5, 0.6) is 0 Å². The van der Waals surface area contributed by atoms with E-state index < -0.39 is 0 Å². The van der Waals surface area contributed by atoms with E-state index in [-0.39, 0.29) is 5.41 Å². The number of nitrogens with one attached hydrogen (secondary N) is 1. The van der Waals surface area contributed by atoms with Gasteiger partial charge < -0.3 is 5.32 Å². The maximum atomic E-state index is 6.19. The lowest BCUT2D eigenvalue weighted by Crippen LogP contribution is -2.49. The first-order valence-electron chi connectivity index (χ1n) is 7.32. The molecule has 3 heteroatoms. The molecule has 0 aromatic heterocycles. The summed E-state index contributed by atoms with van der Waals surface area (Å²) in [5.74, 6) is 0.871. The topological polar surface area (TPSA) is 12.0 Å². The van der Waals surface area contributed by atoms with Gasteiger partial charge in [-0.2, -0.15) is 0 Å².